The molecule has 3 aliphatic heterocycles. The summed E-state index contributed by atoms with van der Waals surface area (Å²) in [6.45, 7) is 9.41. The van der Waals surface area contributed by atoms with E-state index < -0.39 is 29.1 Å². The fourth-order valence-electron chi connectivity index (χ4n) is 6.78. The van der Waals surface area contributed by atoms with Crippen LogP contribution in [0.5, 0.6) is 5.75 Å². The summed E-state index contributed by atoms with van der Waals surface area (Å²) < 4.78 is 12.2. The standard InChI is InChI=1S/C29H43N3O6/c1-5-7-8-15-30-26(35)24-29-18-19(3)28(4,38-29)22(23(29)27(36)32(24)16-9-10-17-33)25(34)31-20-11-13-21(14-12-20)37-6-2/h11-14,19,22-24,33H,5-10,15-18H2,1-4H3,(H,30,35)(H,31,34)/t19?,22-,23-,24?,28+,29?/m0/s1. The van der Waals surface area contributed by atoms with Gasteiger partial charge in [-0.1, -0.05) is 26.7 Å². The van der Waals surface area contributed by atoms with Gasteiger partial charge in [0.2, 0.25) is 17.7 Å². The largest absolute Gasteiger partial charge is 0.494 e. The molecule has 3 N–H and O–H groups in total. The molecule has 6 atom stereocenters. The number of unbranched alkanes of at least 4 members (excludes halogenated alkanes) is 3. The third-order valence-electron chi connectivity index (χ3n) is 8.66. The number of rotatable bonds is 13. The van der Waals surface area contributed by atoms with Crippen molar-refractivity contribution < 1.29 is 29.0 Å². The Labute approximate surface area is 225 Å². The Bertz CT molecular complexity index is 1020. The van der Waals surface area contributed by atoms with E-state index >= 15 is 0 Å². The van der Waals surface area contributed by atoms with Crippen LogP contribution in [0.1, 0.15) is 66.2 Å². The summed E-state index contributed by atoms with van der Waals surface area (Å²) in [5.41, 5.74) is -1.31. The number of anilines is 1. The van der Waals surface area contributed by atoms with Crippen molar-refractivity contribution in [2.24, 2.45) is 17.8 Å². The van der Waals surface area contributed by atoms with Gasteiger partial charge in [-0.2, -0.15) is 0 Å². The fraction of sp³-hybridized carbons (Fsp3) is 0.690. The Morgan fingerprint density at radius 1 is 1.13 bits per heavy atom. The Morgan fingerprint density at radius 2 is 1.87 bits per heavy atom. The molecule has 9 heteroatoms. The van der Waals surface area contributed by atoms with E-state index in [-0.39, 0.29) is 30.2 Å². The van der Waals surface area contributed by atoms with E-state index in [1.807, 2.05) is 20.8 Å². The summed E-state index contributed by atoms with van der Waals surface area (Å²) in [7, 11) is 0. The molecule has 0 aliphatic carbocycles. The van der Waals surface area contributed by atoms with Gasteiger partial charge in [0.05, 0.1) is 24.0 Å². The van der Waals surface area contributed by atoms with Crippen molar-refractivity contribution in [3.05, 3.63) is 24.3 Å². The fourth-order valence-corrected chi connectivity index (χ4v) is 6.78. The van der Waals surface area contributed by atoms with Gasteiger partial charge in [0, 0.05) is 25.4 Å². The van der Waals surface area contributed by atoms with Crippen molar-refractivity contribution in [2.75, 3.05) is 31.6 Å². The van der Waals surface area contributed by atoms with E-state index in [1.165, 1.54) is 0 Å². The molecule has 2 bridgehead atoms. The molecular weight excluding hydrogens is 486 g/mol. The maximum absolute atomic E-state index is 14.0. The van der Waals surface area contributed by atoms with Crippen LogP contribution >= 0.6 is 0 Å². The van der Waals surface area contributed by atoms with Gasteiger partial charge in [-0.3, -0.25) is 14.4 Å². The number of hydrogen-bond donors (Lipinski definition) is 3. The van der Waals surface area contributed by atoms with Crippen molar-refractivity contribution >= 4 is 23.4 Å². The van der Waals surface area contributed by atoms with Gasteiger partial charge < -0.3 is 30.1 Å². The maximum atomic E-state index is 14.0. The number of aliphatic hydroxyl groups is 1. The number of aliphatic hydroxyl groups excluding tert-OH is 1. The number of hydrogen-bond acceptors (Lipinski definition) is 6. The van der Waals surface area contributed by atoms with Crippen LogP contribution < -0.4 is 15.4 Å². The van der Waals surface area contributed by atoms with Crippen molar-refractivity contribution in [2.45, 2.75) is 83.5 Å². The predicted molar refractivity (Wildman–Crippen MR) is 144 cm³/mol. The first kappa shape index (κ1) is 28.4. The molecule has 3 aliphatic rings. The highest BCUT2D eigenvalue weighted by Gasteiger charge is 2.79. The average Bonchev–Trinajstić information content (AvgIpc) is 3.40. The molecule has 1 spiro atoms. The normalized spacial score (nSPS) is 31.4. The lowest BCUT2D eigenvalue weighted by Gasteiger charge is -2.36. The van der Waals surface area contributed by atoms with Gasteiger partial charge in [0.1, 0.15) is 17.4 Å². The lowest BCUT2D eigenvalue weighted by molar-refractivity contribution is -0.146. The summed E-state index contributed by atoms with van der Waals surface area (Å²) in [6.07, 6.45) is 4.56. The van der Waals surface area contributed by atoms with Crippen molar-refractivity contribution in [1.29, 1.82) is 0 Å². The zero-order chi connectivity index (χ0) is 27.5. The molecule has 3 fully saturated rings. The van der Waals surface area contributed by atoms with Crippen LogP contribution in [0.3, 0.4) is 0 Å². The second-order valence-electron chi connectivity index (χ2n) is 11.1. The molecule has 0 aromatic heterocycles. The Morgan fingerprint density at radius 3 is 2.53 bits per heavy atom. The van der Waals surface area contributed by atoms with Crippen LogP contribution in [0.25, 0.3) is 0 Å². The van der Waals surface area contributed by atoms with Gasteiger partial charge in [-0.15, -0.1) is 0 Å². The molecule has 3 saturated heterocycles. The number of nitrogens with one attached hydrogen (secondary N) is 2. The molecule has 0 radical (unpaired) electrons. The van der Waals surface area contributed by atoms with Crippen LogP contribution in [-0.4, -0.2) is 71.3 Å². The van der Waals surface area contributed by atoms with E-state index in [2.05, 4.69) is 17.6 Å². The Hall–Kier alpha value is -2.65. The van der Waals surface area contributed by atoms with Gasteiger partial charge in [0.25, 0.3) is 0 Å². The molecule has 38 heavy (non-hydrogen) atoms. The third kappa shape index (κ3) is 4.91. The minimum absolute atomic E-state index is 0.0171. The van der Waals surface area contributed by atoms with Crippen molar-refractivity contribution in [3.8, 4) is 5.75 Å². The molecule has 1 aromatic rings. The summed E-state index contributed by atoms with van der Waals surface area (Å²) >= 11 is 0. The second-order valence-corrected chi connectivity index (χ2v) is 11.1. The highest BCUT2D eigenvalue weighted by molar-refractivity contribution is 6.02. The zero-order valence-corrected chi connectivity index (χ0v) is 23.1. The molecule has 9 nitrogen and oxygen atoms in total. The lowest BCUT2D eigenvalue weighted by Crippen LogP contribution is -2.55. The smallest absolute Gasteiger partial charge is 0.245 e. The van der Waals surface area contributed by atoms with Gasteiger partial charge in [-0.25, -0.2) is 0 Å². The molecular formula is C29H43N3O6. The van der Waals surface area contributed by atoms with E-state index in [1.54, 1.807) is 29.2 Å². The van der Waals surface area contributed by atoms with E-state index in [0.29, 0.717) is 50.4 Å². The number of amides is 3. The topological polar surface area (TPSA) is 117 Å². The monoisotopic (exact) mass is 529 g/mol. The molecule has 3 amide bonds. The van der Waals surface area contributed by atoms with Crippen LogP contribution in [-0.2, 0) is 19.1 Å². The van der Waals surface area contributed by atoms with Crippen LogP contribution in [0, 0.1) is 17.8 Å². The first-order chi connectivity index (χ1) is 18.2. The predicted octanol–water partition coefficient (Wildman–Crippen LogP) is 3.11. The highest BCUT2D eigenvalue weighted by atomic mass is 16.5. The molecule has 3 unspecified atom stereocenters. The Balaban J connectivity index is 1.62. The number of carbonyl (C=O) groups excluding carboxylic acids is 3. The molecule has 3 heterocycles. The second kappa shape index (κ2) is 11.6. The van der Waals surface area contributed by atoms with Gasteiger partial charge in [0.15, 0.2) is 0 Å². The lowest BCUT2D eigenvalue weighted by atomic mass is 9.62. The van der Waals surface area contributed by atoms with Crippen molar-refractivity contribution in [1.82, 2.24) is 10.2 Å². The van der Waals surface area contributed by atoms with E-state index in [0.717, 1.165) is 19.3 Å². The van der Waals surface area contributed by atoms with Gasteiger partial charge in [-0.05, 0) is 69.7 Å². The molecule has 210 valence electrons. The highest BCUT2D eigenvalue weighted by Crippen LogP contribution is 2.65. The molecule has 0 saturated carbocycles. The number of likely N-dealkylation sites (tertiary alicyclic amines) is 1. The number of carbonyl (C=O) groups is 3. The summed E-state index contributed by atoms with van der Waals surface area (Å²) in [5, 5.41) is 15.4. The van der Waals surface area contributed by atoms with Crippen LogP contribution in [0.4, 0.5) is 5.69 Å². The van der Waals surface area contributed by atoms with Crippen LogP contribution in [0.2, 0.25) is 0 Å². The third-order valence-corrected chi connectivity index (χ3v) is 8.66. The first-order valence-corrected chi connectivity index (χ1v) is 14.2. The molecule has 4 rings (SSSR count). The SMILES string of the molecule is CCCCCNC(=O)C1N(CCCCO)C(=O)[C@@H]2[C@@H](C(=O)Nc3ccc(OCC)cc3)[C@]3(C)OC12CC3C. The number of ether oxygens (including phenoxy) is 2. The first-order valence-electron chi connectivity index (χ1n) is 14.2. The zero-order valence-electron chi connectivity index (χ0n) is 23.1. The Kier molecular flexibility index (Phi) is 8.67. The van der Waals surface area contributed by atoms with Crippen molar-refractivity contribution in [3.63, 3.8) is 0 Å². The average molecular weight is 530 g/mol. The quantitative estimate of drug-likeness (QED) is 0.338. The number of benzene rings is 1. The number of fused-ring (bicyclic) bond motifs is 1. The van der Waals surface area contributed by atoms with E-state index in [4.69, 9.17) is 9.47 Å². The summed E-state index contributed by atoms with van der Waals surface area (Å²) in [6, 6.07) is 6.36. The van der Waals surface area contributed by atoms with E-state index in [9.17, 15) is 19.5 Å². The summed E-state index contributed by atoms with van der Waals surface area (Å²) in [4.78, 5) is 43.1. The molecule has 1 aromatic carbocycles. The minimum Gasteiger partial charge on any atom is -0.494 e. The van der Waals surface area contributed by atoms with Gasteiger partial charge >= 0.3 is 0 Å². The number of nitrogens with zero attached hydrogens (tertiary/aromatic N) is 1. The minimum atomic E-state index is -1.06. The maximum Gasteiger partial charge on any atom is 0.245 e. The summed E-state index contributed by atoms with van der Waals surface area (Å²) in [5.74, 6) is -1.48. The van der Waals surface area contributed by atoms with Crippen LogP contribution in [0.15, 0.2) is 24.3 Å².